The lowest BCUT2D eigenvalue weighted by Crippen LogP contribution is -2.33. The molecule has 0 unspecified atom stereocenters. The summed E-state index contributed by atoms with van der Waals surface area (Å²) in [5, 5.41) is 0. The highest BCUT2D eigenvalue weighted by Crippen LogP contribution is 2.22. The molecule has 0 N–H and O–H groups in total. The quantitative estimate of drug-likeness (QED) is 0.482. The van der Waals surface area contributed by atoms with Gasteiger partial charge in [0.1, 0.15) is 5.82 Å². The highest BCUT2D eigenvalue weighted by atomic mass is 16.6. The van der Waals surface area contributed by atoms with Crippen molar-refractivity contribution >= 4 is 17.8 Å². The van der Waals surface area contributed by atoms with Crippen LogP contribution in [0.25, 0.3) is 0 Å². The largest absolute Gasteiger partial charge is 0.387 e. The van der Waals surface area contributed by atoms with Crippen LogP contribution >= 0.6 is 0 Å². The van der Waals surface area contributed by atoms with E-state index in [1.807, 2.05) is 24.3 Å². The van der Waals surface area contributed by atoms with E-state index >= 15 is 0 Å². The summed E-state index contributed by atoms with van der Waals surface area (Å²) < 4.78 is 4.48. The van der Waals surface area contributed by atoms with Gasteiger partial charge < -0.3 is 9.64 Å². The summed E-state index contributed by atoms with van der Waals surface area (Å²) in [7, 11) is 0. The standard InChI is InChI=1S/C16H18N2O3/c1-2-15(19)21-16(20)7-6-13-8-11-18(12-9-13)14-5-3-4-10-17-14/h2-7,10,13H,1,8-9,11-12H2/b7-6+. The monoisotopic (exact) mass is 286 g/mol. The van der Waals surface area contributed by atoms with Crippen molar-refractivity contribution in [2.24, 2.45) is 5.92 Å². The molecule has 5 heteroatoms. The lowest BCUT2D eigenvalue weighted by atomic mass is 9.96. The third kappa shape index (κ3) is 4.56. The van der Waals surface area contributed by atoms with E-state index in [1.165, 1.54) is 6.08 Å². The van der Waals surface area contributed by atoms with Crippen LogP contribution in [0.4, 0.5) is 5.82 Å². The van der Waals surface area contributed by atoms with Crippen molar-refractivity contribution in [2.75, 3.05) is 18.0 Å². The summed E-state index contributed by atoms with van der Waals surface area (Å²) in [4.78, 5) is 28.8. The maximum absolute atomic E-state index is 11.3. The van der Waals surface area contributed by atoms with Crippen LogP contribution in [-0.4, -0.2) is 30.0 Å². The van der Waals surface area contributed by atoms with Gasteiger partial charge in [-0.1, -0.05) is 18.7 Å². The van der Waals surface area contributed by atoms with Crippen LogP contribution in [0.3, 0.4) is 0 Å². The molecule has 2 heterocycles. The molecule has 1 fully saturated rings. The van der Waals surface area contributed by atoms with Gasteiger partial charge in [0.05, 0.1) is 0 Å². The fraction of sp³-hybridized carbons (Fsp3) is 0.312. The average Bonchev–Trinajstić information content (AvgIpc) is 2.54. The van der Waals surface area contributed by atoms with Crippen LogP contribution in [0.5, 0.6) is 0 Å². The normalized spacial score (nSPS) is 15.9. The number of allylic oxidation sites excluding steroid dienone is 1. The van der Waals surface area contributed by atoms with Gasteiger partial charge in [-0.3, -0.25) is 0 Å². The van der Waals surface area contributed by atoms with Crippen LogP contribution in [0.2, 0.25) is 0 Å². The van der Waals surface area contributed by atoms with Crippen LogP contribution in [-0.2, 0) is 14.3 Å². The van der Waals surface area contributed by atoms with Gasteiger partial charge in [-0.15, -0.1) is 0 Å². The van der Waals surface area contributed by atoms with Gasteiger partial charge in [0.15, 0.2) is 0 Å². The molecule has 0 saturated carbocycles. The number of nitrogens with zero attached hydrogens (tertiary/aromatic N) is 2. The first-order chi connectivity index (χ1) is 10.2. The van der Waals surface area contributed by atoms with E-state index in [2.05, 4.69) is 21.2 Å². The van der Waals surface area contributed by atoms with E-state index in [0.717, 1.165) is 37.8 Å². The van der Waals surface area contributed by atoms with Crippen LogP contribution in [0.15, 0.2) is 49.2 Å². The summed E-state index contributed by atoms with van der Waals surface area (Å²) in [6, 6.07) is 5.87. The molecule has 1 aromatic heterocycles. The lowest BCUT2D eigenvalue weighted by molar-refractivity contribution is -0.152. The predicted octanol–water partition coefficient (Wildman–Crippen LogP) is 2.11. The van der Waals surface area contributed by atoms with E-state index in [4.69, 9.17) is 0 Å². The zero-order chi connectivity index (χ0) is 15.1. The van der Waals surface area contributed by atoms with Crippen molar-refractivity contribution in [3.63, 3.8) is 0 Å². The Hall–Kier alpha value is -2.43. The van der Waals surface area contributed by atoms with Gasteiger partial charge in [0.25, 0.3) is 0 Å². The number of rotatable bonds is 4. The lowest BCUT2D eigenvalue weighted by Gasteiger charge is -2.31. The molecule has 1 aliphatic heterocycles. The van der Waals surface area contributed by atoms with Crippen molar-refractivity contribution < 1.29 is 14.3 Å². The molecule has 0 spiro atoms. The van der Waals surface area contributed by atoms with Crippen LogP contribution in [0.1, 0.15) is 12.8 Å². The maximum atomic E-state index is 11.3. The highest BCUT2D eigenvalue weighted by molar-refractivity contribution is 5.96. The van der Waals surface area contributed by atoms with Crippen molar-refractivity contribution in [2.45, 2.75) is 12.8 Å². The molecule has 0 bridgehead atoms. The average molecular weight is 286 g/mol. The zero-order valence-corrected chi connectivity index (χ0v) is 11.8. The summed E-state index contributed by atoms with van der Waals surface area (Å²) in [5.41, 5.74) is 0. The van der Waals surface area contributed by atoms with Crippen molar-refractivity contribution in [3.8, 4) is 0 Å². The SMILES string of the molecule is C=CC(=O)OC(=O)/C=C/C1CCN(c2ccccn2)CC1. The first-order valence-electron chi connectivity index (χ1n) is 6.91. The van der Waals surface area contributed by atoms with E-state index in [1.54, 1.807) is 6.20 Å². The maximum Gasteiger partial charge on any atom is 0.338 e. The van der Waals surface area contributed by atoms with E-state index < -0.39 is 11.9 Å². The first kappa shape index (κ1) is 15.0. The number of carbonyl (C=O) groups is 2. The molecular formula is C16H18N2O3. The Morgan fingerprint density at radius 1 is 1.29 bits per heavy atom. The molecule has 21 heavy (non-hydrogen) atoms. The van der Waals surface area contributed by atoms with Gasteiger partial charge in [-0.25, -0.2) is 14.6 Å². The Morgan fingerprint density at radius 2 is 2.05 bits per heavy atom. The fourth-order valence-electron chi connectivity index (χ4n) is 2.25. The molecular weight excluding hydrogens is 268 g/mol. The summed E-state index contributed by atoms with van der Waals surface area (Å²) in [6.07, 6.45) is 7.77. The number of hydrogen-bond acceptors (Lipinski definition) is 5. The molecule has 0 radical (unpaired) electrons. The smallest absolute Gasteiger partial charge is 0.338 e. The van der Waals surface area contributed by atoms with Crippen LogP contribution < -0.4 is 4.90 Å². The van der Waals surface area contributed by atoms with Gasteiger partial charge >= 0.3 is 11.9 Å². The van der Waals surface area contributed by atoms with Crippen molar-refractivity contribution in [1.82, 2.24) is 4.98 Å². The summed E-state index contributed by atoms with van der Waals surface area (Å²) in [5.74, 6) is -0.0751. The molecule has 1 aromatic rings. The Morgan fingerprint density at radius 3 is 2.67 bits per heavy atom. The number of ether oxygens (including phenoxy) is 1. The Labute approximate surface area is 123 Å². The Kier molecular flexibility index (Phi) is 5.26. The molecule has 2 rings (SSSR count). The molecule has 0 amide bonds. The number of hydrogen-bond donors (Lipinski definition) is 0. The second kappa shape index (κ2) is 7.38. The van der Waals surface area contributed by atoms with Crippen molar-refractivity contribution in [3.05, 3.63) is 49.2 Å². The minimum Gasteiger partial charge on any atom is -0.387 e. The minimum atomic E-state index is -0.727. The number of pyridine rings is 1. The molecule has 1 saturated heterocycles. The van der Waals surface area contributed by atoms with E-state index in [0.29, 0.717) is 5.92 Å². The summed E-state index contributed by atoms with van der Waals surface area (Å²) >= 11 is 0. The summed E-state index contributed by atoms with van der Waals surface area (Å²) in [6.45, 7) is 5.03. The number of esters is 2. The third-order valence-corrected chi connectivity index (χ3v) is 3.39. The topological polar surface area (TPSA) is 59.5 Å². The second-order valence-corrected chi connectivity index (χ2v) is 4.82. The van der Waals surface area contributed by atoms with Gasteiger partial charge in [0.2, 0.25) is 0 Å². The Bertz CT molecular complexity index is 532. The van der Waals surface area contributed by atoms with E-state index in [-0.39, 0.29) is 0 Å². The molecule has 0 aromatic carbocycles. The number of aromatic nitrogens is 1. The van der Waals surface area contributed by atoms with Gasteiger partial charge in [-0.05, 0) is 30.9 Å². The highest BCUT2D eigenvalue weighted by Gasteiger charge is 2.18. The van der Waals surface area contributed by atoms with E-state index in [9.17, 15) is 9.59 Å². The molecule has 0 atom stereocenters. The van der Waals surface area contributed by atoms with Gasteiger partial charge in [-0.2, -0.15) is 0 Å². The van der Waals surface area contributed by atoms with Gasteiger partial charge in [0, 0.05) is 31.4 Å². The molecule has 5 nitrogen and oxygen atoms in total. The third-order valence-electron chi connectivity index (χ3n) is 3.39. The molecule has 110 valence electrons. The number of anilines is 1. The predicted molar refractivity (Wildman–Crippen MR) is 79.6 cm³/mol. The van der Waals surface area contributed by atoms with Crippen LogP contribution in [0, 0.1) is 5.92 Å². The zero-order valence-electron chi connectivity index (χ0n) is 11.8. The fourth-order valence-corrected chi connectivity index (χ4v) is 2.25. The Balaban J connectivity index is 1.80. The number of piperidine rings is 1. The molecule has 1 aliphatic rings. The first-order valence-corrected chi connectivity index (χ1v) is 6.91. The second-order valence-electron chi connectivity index (χ2n) is 4.82. The molecule has 0 aliphatic carbocycles. The minimum absolute atomic E-state index is 0.316. The number of carbonyl (C=O) groups excluding carboxylic acids is 2. The van der Waals surface area contributed by atoms with Crippen molar-refractivity contribution in [1.29, 1.82) is 0 Å².